The summed E-state index contributed by atoms with van der Waals surface area (Å²) < 4.78 is 10.9. The van der Waals surface area contributed by atoms with Gasteiger partial charge in [-0.1, -0.05) is 54.6 Å². The van der Waals surface area contributed by atoms with Crippen molar-refractivity contribution in [3.8, 4) is 5.75 Å². The number of fused-ring (bicyclic) bond motifs is 1. The summed E-state index contributed by atoms with van der Waals surface area (Å²) in [7, 11) is 0. The Morgan fingerprint density at radius 3 is 2.45 bits per heavy atom. The lowest BCUT2D eigenvalue weighted by atomic mass is 9.83. The van der Waals surface area contributed by atoms with E-state index in [-0.39, 0.29) is 30.8 Å². The van der Waals surface area contributed by atoms with Crippen molar-refractivity contribution in [3.05, 3.63) is 106 Å². The summed E-state index contributed by atoms with van der Waals surface area (Å²) in [4.78, 5) is 40.3. The van der Waals surface area contributed by atoms with Crippen molar-refractivity contribution in [3.63, 3.8) is 0 Å². The fourth-order valence-corrected chi connectivity index (χ4v) is 7.03. The van der Waals surface area contributed by atoms with Crippen LogP contribution >= 0.6 is 23.1 Å². The average molecular weight is 601 g/mol. The second-order valence-corrected chi connectivity index (χ2v) is 11.9. The molecule has 0 saturated carbocycles. The second-order valence-electron chi connectivity index (χ2n) is 9.79. The van der Waals surface area contributed by atoms with Crippen LogP contribution in [0.4, 0.5) is 10.7 Å². The van der Waals surface area contributed by atoms with E-state index in [2.05, 4.69) is 34.9 Å². The van der Waals surface area contributed by atoms with E-state index < -0.39 is 5.97 Å². The molecule has 4 aromatic rings. The summed E-state index contributed by atoms with van der Waals surface area (Å²) in [5.41, 5.74) is 3.39. The summed E-state index contributed by atoms with van der Waals surface area (Å²) in [5.74, 6) is 0.263. The Hall–Kier alpha value is -4.08. The molecular formula is C33H32N2O5S2. The number of nitrogens with one attached hydrogen (secondary N) is 2. The van der Waals surface area contributed by atoms with E-state index in [1.165, 1.54) is 28.7 Å². The Morgan fingerprint density at radius 2 is 1.69 bits per heavy atom. The first kappa shape index (κ1) is 29.4. The largest absolute Gasteiger partial charge is 0.484 e. The number of thioether (sulfide) groups is 1. The highest BCUT2D eigenvalue weighted by Gasteiger charge is 2.30. The van der Waals surface area contributed by atoms with Gasteiger partial charge in [-0.15, -0.1) is 23.1 Å². The molecule has 0 fully saturated rings. The van der Waals surface area contributed by atoms with Crippen LogP contribution in [0.3, 0.4) is 0 Å². The molecule has 5 rings (SSSR count). The van der Waals surface area contributed by atoms with Crippen molar-refractivity contribution in [1.29, 1.82) is 0 Å². The molecule has 3 aromatic carbocycles. The van der Waals surface area contributed by atoms with Gasteiger partial charge in [0.15, 0.2) is 6.61 Å². The van der Waals surface area contributed by atoms with Crippen LogP contribution in [0.5, 0.6) is 5.75 Å². The van der Waals surface area contributed by atoms with Gasteiger partial charge in [0, 0.05) is 15.5 Å². The average Bonchev–Trinajstić information content (AvgIpc) is 3.37. The lowest BCUT2D eigenvalue weighted by molar-refractivity contribution is -0.118. The number of benzene rings is 3. The van der Waals surface area contributed by atoms with Crippen molar-refractivity contribution < 1.29 is 23.9 Å². The first-order valence-corrected chi connectivity index (χ1v) is 15.7. The number of esters is 1. The maximum absolute atomic E-state index is 13.0. The summed E-state index contributed by atoms with van der Waals surface area (Å²) >= 11 is 2.83. The molecule has 1 unspecified atom stereocenters. The Balaban J connectivity index is 1.20. The zero-order valence-electron chi connectivity index (χ0n) is 23.3. The zero-order chi connectivity index (χ0) is 29.3. The Labute approximate surface area is 253 Å². The van der Waals surface area contributed by atoms with E-state index in [0.717, 1.165) is 34.6 Å². The van der Waals surface area contributed by atoms with Crippen LogP contribution in [0.25, 0.3) is 0 Å². The molecule has 9 heteroatoms. The minimum atomic E-state index is -0.393. The third kappa shape index (κ3) is 7.60. The number of anilines is 2. The van der Waals surface area contributed by atoms with Gasteiger partial charge >= 0.3 is 5.97 Å². The van der Waals surface area contributed by atoms with Crippen LogP contribution in [0.15, 0.2) is 89.8 Å². The molecule has 216 valence electrons. The van der Waals surface area contributed by atoms with Gasteiger partial charge in [0.2, 0.25) is 5.91 Å². The van der Waals surface area contributed by atoms with Crippen LogP contribution in [0.2, 0.25) is 0 Å². The number of rotatable bonds is 11. The third-order valence-electron chi connectivity index (χ3n) is 6.87. The number of amides is 2. The number of para-hydroxylation sites is 1. The highest BCUT2D eigenvalue weighted by Crippen LogP contribution is 2.43. The lowest BCUT2D eigenvalue weighted by Gasteiger charge is -2.23. The highest BCUT2D eigenvalue weighted by molar-refractivity contribution is 8.00. The van der Waals surface area contributed by atoms with E-state index >= 15 is 0 Å². The van der Waals surface area contributed by atoms with E-state index in [4.69, 9.17) is 9.47 Å². The van der Waals surface area contributed by atoms with E-state index in [1.807, 2.05) is 42.5 Å². The maximum Gasteiger partial charge on any atom is 0.341 e. The van der Waals surface area contributed by atoms with Crippen LogP contribution in [0.1, 0.15) is 45.6 Å². The number of thiophene rings is 1. The van der Waals surface area contributed by atoms with E-state index in [0.29, 0.717) is 27.9 Å². The van der Waals surface area contributed by atoms with E-state index in [1.54, 1.807) is 25.1 Å². The molecular weight excluding hydrogens is 569 g/mol. The summed E-state index contributed by atoms with van der Waals surface area (Å²) in [6, 6.07) is 26.9. The molecule has 1 aliphatic carbocycles. The standard InChI is InChI=1S/C33H32N2O5S2/c1-2-39-33(38)31-27-17-16-23(22-10-5-3-6-11-22)18-28(27)42-32(31)35-30(37)21-41-26-15-9-12-24(19-26)34-29(36)20-40-25-13-7-4-8-14-25/h3-15,19,23H,2,16-18,20-21H2,1H3,(H,34,36)(H,35,37). The van der Waals surface area contributed by atoms with Crippen molar-refractivity contribution in [2.24, 2.45) is 0 Å². The molecule has 42 heavy (non-hydrogen) atoms. The van der Waals surface area contributed by atoms with Crippen molar-refractivity contribution in [2.45, 2.75) is 37.0 Å². The Morgan fingerprint density at radius 1 is 0.929 bits per heavy atom. The van der Waals surface area contributed by atoms with Crippen LogP contribution in [-0.4, -0.2) is 36.8 Å². The van der Waals surface area contributed by atoms with Gasteiger partial charge in [-0.25, -0.2) is 4.79 Å². The smallest absolute Gasteiger partial charge is 0.341 e. The molecule has 2 N–H and O–H groups in total. The minimum Gasteiger partial charge on any atom is -0.484 e. The van der Waals surface area contributed by atoms with Crippen molar-refractivity contribution in [1.82, 2.24) is 0 Å². The topological polar surface area (TPSA) is 93.7 Å². The number of hydrogen-bond acceptors (Lipinski definition) is 7. The normalized spacial score (nSPS) is 14.0. The monoisotopic (exact) mass is 600 g/mol. The molecule has 1 atom stereocenters. The van der Waals surface area contributed by atoms with Crippen molar-refractivity contribution >= 4 is 51.6 Å². The lowest BCUT2D eigenvalue weighted by Crippen LogP contribution is -2.20. The fourth-order valence-electron chi connectivity index (χ4n) is 4.94. The van der Waals surface area contributed by atoms with Crippen LogP contribution in [0, 0.1) is 0 Å². The quantitative estimate of drug-likeness (QED) is 0.143. The molecule has 0 radical (unpaired) electrons. The molecule has 1 aromatic heterocycles. The third-order valence-corrected chi connectivity index (χ3v) is 9.03. The summed E-state index contributed by atoms with van der Waals surface area (Å²) in [6.45, 7) is 1.94. The maximum atomic E-state index is 13.0. The number of carbonyl (C=O) groups is 3. The molecule has 0 aliphatic heterocycles. The Kier molecular flexibility index (Phi) is 9.94. The molecule has 0 bridgehead atoms. The molecule has 7 nitrogen and oxygen atoms in total. The van der Waals surface area contributed by atoms with Gasteiger partial charge in [0.05, 0.1) is 17.9 Å². The SMILES string of the molecule is CCOC(=O)c1c(NC(=O)CSc2cccc(NC(=O)COc3ccccc3)c2)sc2c1CCC(c1ccccc1)C2. The Bertz CT molecular complexity index is 1540. The van der Waals surface area contributed by atoms with Gasteiger partial charge in [0.1, 0.15) is 10.8 Å². The number of hydrogen-bond donors (Lipinski definition) is 2. The predicted molar refractivity (Wildman–Crippen MR) is 168 cm³/mol. The number of carbonyl (C=O) groups excluding carboxylic acids is 3. The molecule has 0 saturated heterocycles. The van der Waals surface area contributed by atoms with Gasteiger partial charge < -0.3 is 20.1 Å². The summed E-state index contributed by atoms with van der Waals surface area (Å²) in [6.07, 6.45) is 2.53. The molecule has 1 aliphatic rings. The van der Waals surface area contributed by atoms with Gasteiger partial charge in [0.25, 0.3) is 5.91 Å². The van der Waals surface area contributed by atoms with Crippen LogP contribution in [-0.2, 0) is 27.2 Å². The molecule has 1 heterocycles. The van der Waals surface area contributed by atoms with Gasteiger partial charge in [-0.05, 0) is 73.6 Å². The second kappa shape index (κ2) is 14.2. The van der Waals surface area contributed by atoms with Gasteiger partial charge in [-0.2, -0.15) is 0 Å². The summed E-state index contributed by atoms with van der Waals surface area (Å²) in [5, 5.41) is 6.36. The first-order valence-electron chi connectivity index (χ1n) is 13.9. The van der Waals surface area contributed by atoms with Crippen LogP contribution < -0.4 is 15.4 Å². The zero-order valence-corrected chi connectivity index (χ0v) is 24.9. The predicted octanol–water partition coefficient (Wildman–Crippen LogP) is 6.95. The number of ether oxygens (including phenoxy) is 2. The minimum absolute atomic E-state index is 0.108. The van der Waals surface area contributed by atoms with E-state index in [9.17, 15) is 14.4 Å². The highest BCUT2D eigenvalue weighted by atomic mass is 32.2. The fraction of sp³-hybridized carbons (Fsp3) is 0.242. The van der Waals surface area contributed by atoms with Gasteiger partial charge in [-0.3, -0.25) is 9.59 Å². The first-order chi connectivity index (χ1) is 20.5. The van der Waals surface area contributed by atoms with Crippen molar-refractivity contribution in [2.75, 3.05) is 29.6 Å². The molecule has 0 spiro atoms. The molecule has 2 amide bonds.